The van der Waals surface area contributed by atoms with E-state index in [4.69, 9.17) is 9.47 Å². The Balaban J connectivity index is 1.94. The van der Waals surface area contributed by atoms with Crippen LogP contribution in [0.4, 0.5) is 5.69 Å². The van der Waals surface area contributed by atoms with Gasteiger partial charge in [-0.05, 0) is 65.0 Å². The molecule has 0 spiro atoms. The number of hydrogen-bond donors (Lipinski definition) is 1. The Kier molecular flexibility index (Phi) is 4.81. The second-order valence-corrected chi connectivity index (χ2v) is 6.68. The number of nitrogens with one attached hydrogen (secondary N) is 1. The van der Waals surface area contributed by atoms with E-state index in [0.29, 0.717) is 24.5 Å². The van der Waals surface area contributed by atoms with Crippen molar-refractivity contribution >= 4 is 27.5 Å². The van der Waals surface area contributed by atoms with E-state index >= 15 is 0 Å². The van der Waals surface area contributed by atoms with Gasteiger partial charge in [-0.1, -0.05) is 18.2 Å². The van der Waals surface area contributed by atoms with Crippen molar-refractivity contribution in [2.45, 2.75) is 26.2 Å². The van der Waals surface area contributed by atoms with Crippen LogP contribution in [0.25, 0.3) is 0 Å². The van der Waals surface area contributed by atoms with Crippen molar-refractivity contribution in [3.63, 3.8) is 0 Å². The van der Waals surface area contributed by atoms with Gasteiger partial charge in [-0.2, -0.15) is 0 Å². The third-order valence-electron chi connectivity index (χ3n) is 4.26. The van der Waals surface area contributed by atoms with Gasteiger partial charge in [0.05, 0.1) is 24.1 Å². The van der Waals surface area contributed by atoms with Gasteiger partial charge in [-0.15, -0.1) is 0 Å². The maximum absolute atomic E-state index is 12.4. The molecule has 126 valence electrons. The zero-order valence-corrected chi connectivity index (χ0v) is 15.6. The monoisotopic (exact) mass is 389 g/mol. The predicted octanol–water partition coefficient (Wildman–Crippen LogP) is 4.44. The van der Waals surface area contributed by atoms with Gasteiger partial charge < -0.3 is 14.8 Å². The number of carbonyl (C=O) groups is 1. The number of fused-ring (bicyclic) bond motifs is 1. The van der Waals surface area contributed by atoms with E-state index in [9.17, 15) is 4.79 Å². The second kappa shape index (κ2) is 6.85. The molecule has 1 atom stereocenters. The van der Waals surface area contributed by atoms with Crippen molar-refractivity contribution < 1.29 is 14.3 Å². The molecule has 2 aromatic rings. The molecule has 3 rings (SSSR count). The molecule has 0 aromatic heterocycles. The van der Waals surface area contributed by atoms with Crippen LogP contribution < -0.4 is 14.8 Å². The van der Waals surface area contributed by atoms with Crippen LogP contribution in [0.3, 0.4) is 0 Å². The third-order valence-corrected chi connectivity index (χ3v) is 4.85. The van der Waals surface area contributed by atoms with Gasteiger partial charge in [0.1, 0.15) is 0 Å². The van der Waals surface area contributed by atoms with Gasteiger partial charge in [0.2, 0.25) is 5.91 Å². The number of para-hydroxylation sites is 1. The number of ether oxygens (including phenoxy) is 2. The van der Waals surface area contributed by atoms with E-state index in [0.717, 1.165) is 26.9 Å². The Morgan fingerprint density at radius 2 is 2.08 bits per heavy atom. The van der Waals surface area contributed by atoms with Gasteiger partial charge in [0.25, 0.3) is 0 Å². The SMILES string of the molecule is CCOc1c(Br)cc(C[C@H]2C(=O)Nc3c(C)cccc32)cc1OC. The highest BCUT2D eigenvalue weighted by molar-refractivity contribution is 9.10. The fourth-order valence-corrected chi connectivity index (χ4v) is 3.72. The van der Waals surface area contributed by atoms with E-state index in [2.05, 4.69) is 21.2 Å². The molecular formula is C19H20BrNO3. The van der Waals surface area contributed by atoms with Crippen LogP contribution in [0.5, 0.6) is 11.5 Å². The minimum absolute atomic E-state index is 0.0447. The molecule has 0 saturated carbocycles. The largest absolute Gasteiger partial charge is 0.493 e. The summed E-state index contributed by atoms with van der Waals surface area (Å²) < 4.78 is 11.9. The average Bonchev–Trinajstić information content (AvgIpc) is 2.87. The fraction of sp³-hybridized carbons (Fsp3) is 0.316. The summed E-state index contributed by atoms with van der Waals surface area (Å²) in [6.07, 6.45) is 0.615. The summed E-state index contributed by atoms with van der Waals surface area (Å²) >= 11 is 3.54. The molecule has 0 radical (unpaired) electrons. The first-order valence-corrected chi connectivity index (χ1v) is 8.74. The van der Waals surface area contributed by atoms with Gasteiger partial charge >= 0.3 is 0 Å². The third kappa shape index (κ3) is 3.00. The zero-order chi connectivity index (χ0) is 17.3. The number of benzene rings is 2. The Bertz CT molecular complexity index is 788. The quantitative estimate of drug-likeness (QED) is 0.821. The molecule has 2 aromatic carbocycles. The zero-order valence-electron chi connectivity index (χ0n) is 14.0. The minimum Gasteiger partial charge on any atom is -0.493 e. The summed E-state index contributed by atoms with van der Waals surface area (Å²) in [6, 6.07) is 9.96. The summed E-state index contributed by atoms with van der Waals surface area (Å²) in [7, 11) is 1.62. The van der Waals surface area contributed by atoms with Crippen LogP contribution in [0.15, 0.2) is 34.8 Å². The summed E-state index contributed by atoms with van der Waals surface area (Å²) in [5, 5.41) is 3.00. The Morgan fingerprint density at radius 1 is 1.29 bits per heavy atom. The van der Waals surface area contributed by atoms with Crippen molar-refractivity contribution in [3.05, 3.63) is 51.5 Å². The highest BCUT2D eigenvalue weighted by Crippen LogP contribution is 2.40. The van der Waals surface area contributed by atoms with Crippen LogP contribution in [0.1, 0.15) is 29.5 Å². The van der Waals surface area contributed by atoms with Crippen molar-refractivity contribution in [2.75, 3.05) is 19.0 Å². The van der Waals surface area contributed by atoms with Crippen molar-refractivity contribution in [3.8, 4) is 11.5 Å². The number of carbonyl (C=O) groups excluding carboxylic acids is 1. The number of anilines is 1. The molecule has 1 amide bonds. The maximum Gasteiger partial charge on any atom is 0.232 e. The van der Waals surface area contributed by atoms with Crippen molar-refractivity contribution in [1.82, 2.24) is 0 Å². The van der Waals surface area contributed by atoms with Crippen LogP contribution in [-0.2, 0) is 11.2 Å². The molecule has 1 aliphatic heterocycles. The molecular weight excluding hydrogens is 370 g/mol. The summed E-state index contributed by atoms with van der Waals surface area (Å²) in [5.41, 5.74) is 4.12. The molecule has 0 unspecified atom stereocenters. The number of aryl methyl sites for hydroxylation is 1. The predicted molar refractivity (Wildman–Crippen MR) is 98.1 cm³/mol. The first kappa shape index (κ1) is 16.8. The molecule has 24 heavy (non-hydrogen) atoms. The van der Waals surface area contributed by atoms with E-state index in [1.165, 1.54) is 0 Å². The van der Waals surface area contributed by atoms with Gasteiger partial charge in [-0.3, -0.25) is 4.79 Å². The van der Waals surface area contributed by atoms with Gasteiger partial charge in [0.15, 0.2) is 11.5 Å². The molecule has 0 bridgehead atoms. The summed E-state index contributed by atoms with van der Waals surface area (Å²) in [4.78, 5) is 12.4. The lowest BCUT2D eigenvalue weighted by molar-refractivity contribution is -0.117. The van der Waals surface area contributed by atoms with Crippen LogP contribution in [-0.4, -0.2) is 19.6 Å². The number of hydrogen-bond acceptors (Lipinski definition) is 3. The first-order valence-electron chi connectivity index (χ1n) is 7.94. The lowest BCUT2D eigenvalue weighted by Gasteiger charge is -2.15. The van der Waals surface area contributed by atoms with Gasteiger partial charge in [0, 0.05) is 5.69 Å². The lowest BCUT2D eigenvalue weighted by atomic mass is 9.92. The fourth-order valence-electron chi connectivity index (χ4n) is 3.12. The molecule has 0 aliphatic carbocycles. The Hall–Kier alpha value is -2.01. The Morgan fingerprint density at radius 3 is 2.79 bits per heavy atom. The highest BCUT2D eigenvalue weighted by Gasteiger charge is 2.31. The molecule has 0 fully saturated rings. The van der Waals surface area contributed by atoms with E-state index in [-0.39, 0.29) is 11.8 Å². The Labute approximate surface area is 150 Å². The van der Waals surface area contributed by atoms with Crippen molar-refractivity contribution in [1.29, 1.82) is 0 Å². The second-order valence-electron chi connectivity index (χ2n) is 5.83. The van der Waals surface area contributed by atoms with E-state index < -0.39 is 0 Å². The minimum atomic E-state index is -0.186. The molecule has 1 N–H and O–H groups in total. The molecule has 4 nitrogen and oxygen atoms in total. The molecule has 1 heterocycles. The average molecular weight is 390 g/mol. The number of methoxy groups -OCH3 is 1. The summed E-state index contributed by atoms with van der Waals surface area (Å²) in [5.74, 6) is 1.22. The first-order chi connectivity index (χ1) is 11.5. The van der Waals surface area contributed by atoms with Crippen LogP contribution in [0, 0.1) is 6.92 Å². The summed E-state index contributed by atoms with van der Waals surface area (Å²) in [6.45, 7) is 4.51. The smallest absolute Gasteiger partial charge is 0.232 e. The number of halogens is 1. The molecule has 1 aliphatic rings. The number of rotatable bonds is 5. The van der Waals surface area contributed by atoms with E-state index in [1.807, 2.05) is 44.2 Å². The number of amides is 1. The topological polar surface area (TPSA) is 47.6 Å². The molecule has 5 heteroatoms. The van der Waals surface area contributed by atoms with E-state index in [1.54, 1.807) is 7.11 Å². The van der Waals surface area contributed by atoms with Crippen molar-refractivity contribution in [2.24, 2.45) is 0 Å². The highest BCUT2D eigenvalue weighted by atomic mass is 79.9. The molecule has 0 saturated heterocycles. The normalized spacial score (nSPS) is 15.8. The van der Waals surface area contributed by atoms with Gasteiger partial charge in [-0.25, -0.2) is 0 Å². The lowest BCUT2D eigenvalue weighted by Crippen LogP contribution is -2.14. The standard InChI is InChI=1S/C19H20BrNO3/c1-4-24-18-15(20)9-12(10-16(18)23-3)8-14-13-7-5-6-11(2)17(13)21-19(14)22/h5-7,9-10,14H,4,8H2,1-3H3,(H,21,22)/t14-/m1/s1. The maximum atomic E-state index is 12.4. The van der Waals surface area contributed by atoms with Crippen LogP contribution in [0.2, 0.25) is 0 Å². The van der Waals surface area contributed by atoms with Crippen LogP contribution >= 0.6 is 15.9 Å².